The summed E-state index contributed by atoms with van der Waals surface area (Å²) in [6, 6.07) is 12.3. The average molecular weight is 257 g/mol. The Morgan fingerprint density at radius 2 is 1.63 bits per heavy atom. The normalized spacial score (nSPS) is 11.1. The monoisotopic (exact) mass is 257 g/mol. The van der Waals surface area contributed by atoms with E-state index in [9.17, 15) is 5.11 Å². The van der Waals surface area contributed by atoms with Crippen LogP contribution in [-0.2, 0) is 13.2 Å². The molecule has 0 heterocycles. The van der Waals surface area contributed by atoms with Crippen LogP contribution >= 0.6 is 0 Å². The van der Waals surface area contributed by atoms with E-state index in [0.29, 0.717) is 28.2 Å². The van der Waals surface area contributed by atoms with Crippen LogP contribution in [0.4, 0.5) is 17.1 Å². The summed E-state index contributed by atoms with van der Waals surface area (Å²) in [7, 11) is 0. The van der Waals surface area contributed by atoms with Crippen LogP contribution in [0, 0.1) is 0 Å². The highest BCUT2D eigenvalue weighted by Crippen LogP contribution is 2.24. The molecule has 19 heavy (non-hydrogen) atoms. The molecule has 0 spiro atoms. The van der Waals surface area contributed by atoms with Crippen LogP contribution < -0.4 is 5.73 Å². The topological polar surface area (TPSA) is 91.2 Å². The third-order valence-corrected chi connectivity index (χ3v) is 2.73. The lowest BCUT2D eigenvalue weighted by atomic mass is 10.2. The Hall–Kier alpha value is -2.24. The van der Waals surface area contributed by atoms with Crippen molar-refractivity contribution in [3.8, 4) is 0 Å². The zero-order valence-corrected chi connectivity index (χ0v) is 10.3. The molecule has 0 atom stereocenters. The van der Waals surface area contributed by atoms with Crippen molar-refractivity contribution >= 4 is 17.1 Å². The minimum absolute atomic E-state index is 0.0845. The Morgan fingerprint density at radius 3 is 2.37 bits per heavy atom. The molecule has 0 bridgehead atoms. The van der Waals surface area contributed by atoms with E-state index >= 15 is 0 Å². The summed E-state index contributed by atoms with van der Waals surface area (Å²) in [6.45, 7) is -0.221. The van der Waals surface area contributed by atoms with E-state index in [1.807, 2.05) is 12.1 Å². The molecule has 0 unspecified atom stereocenters. The van der Waals surface area contributed by atoms with Crippen LogP contribution in [0.15, 0.2) is 52.7 Å². The van der Waals surface area contributed by atoms with Crippen LogP contribution in [0.25, 0.3) is 0 Å². The molecule has 4 N–H and O–H groups in total. The van der Waals surface area contributed by atoms with Crippen LogP contribution in [-0.4, -0.2) is 10.2 Å². The molecule has 0 amide bonds. The highest BCUT2D eigenvalue weighted by molar-refractivity contribution is 5.55. The van der Waals surface area contributed by atoms with Gasteiger partial charge in [0.25, 0.3) is 0 Å². The van der Waals surface area contributed by atoms with E-state index < -0.39 is 0 Å². The SMILES string of the molecule is Nc1ccc(N=Nc2ccccc2CO)cc1CO. The summed E-state index contributed by atoms with van der Waals surface area (Å²) in [6.07, 6.45) is 0. The lowest BCUT2D eigenvalue weighted by Crippen LogP contribution is -1.92. The van der Waals surface area contributed by atoms with Gasteiger partial charge in [-0.2, -0.15) is 10.2 Å². The van der Waals surface area contributed by atoms with Gasteiger partial charge in [-0.3, -0.25) is 0 Å². The van der Waals surface area contributed by atoms with Crippen LogP contribution in [0.5, 0.6) is 0 Å². The number of rotatable bonds is 4. The van der Waals surface area contributed by atoms with E-state index in [1.165, 1.54) is 0 Å². The average Bonchev–Trinajstić information content (AvgIpc) is 2.46. The fourth-order valence-electron chi connectivity index (χ4n) is 1.64. The highest BCUT2D eigenvalue weighted by Gasteiger charge is 2.01. The maximum atomic E-state index is 9.18. The van der Waals surface area contributed by atoms with Crippen molar-refractivity contribution in [1.82, 2.24) is 0 Å². The third-order valence-electron chi connectivity index (χ3n) is 2.73. The summed E-state index contributed by atoms with van der Waals surface area (Å²) in [5.74, 6) is 0. The first-order valence-electron chi connectivity index (χ1n) is 5.84. The first-order valence-corrected chi connectivity index (χ1v) is 5.84. The van der Waals surface area contributed by atoms with Gasteiger partial charge in [-0.05, 0) is 24.3 Å². The Bertz CT molecular complexity index is 597. The Balaban J connectivity index is 2.27. The Kier molecular flexibility index (Phi) is 4.22. The molecular formula is C14H15N3O2. The molecule has 0 saturated heterocycles. The fourth-order valence-corrected chi connectivity index (χ4v) is 1.64. The second-order valence-electron chi connectivity index (χ2n) is 4.03. The number of hydrogen-bond acceptors (Lipinski definition) is 5. The highest BCUT2D eigenvalue weighted by atomic mass is 16.3. The zero-order chi connectivity index (χ0) is 13.7. The zero-order valence-electron chi connectivity index (χ0n) is 10.3. The quantitative estimate of drug-likeness (QED) is 0.581. The largest absolute Gasteiger partial charge is 0.398 e. The van der Waals surface area contributed by atoms with Crippen LogP contribution in [0.2, 0.25) is 0 Å². The van der Waals surface area contributed by atoms with Gasteiger partial charge >= 0.3 is 0 Å². The molecule has 2 aromatic rings. The van der Waals surface area contributed by atoms with E-state index in [-0.39, 0.29) is 13.2 Å². The number of nitrogens with two attached hydrogens (primary N) is 1. The molecule has 98 valence electrons. The van der Waals surface area contributed by atoms with Crippen molar-refractivity contribution < 1.29 is 10.2 Å². The van der Waals surface area contributed by atoms with Crippen LogP contribution in [0.1, 0.15) is 11.1 Å². The minimum Gasteiger partial charge on any atom is -0.398 e. The third kappa shape index (κ3) is 3.15. The molecular weight excluding hydrogens is 242 g/mol. The number of hydrogen-bond donors (Lipinski definition) is 3. The summed E-state index contributed by atoms with van der Waals surface area (Å²) < 4.78 is 0. The van der Waals surface area contributed by atoms with Crippen molar-refractivity contribution in [3.05, 3.63) is 53.6 Å². The molecule has 5 nitrogen and oxygen atoms in total. The van der Waals surface area contributed by atoms with Gasteiger partial charge in [0.05, 0.1) is 24.6 Å². The van der Waals surface area contributed by atoms with Gasteiger partial charge in [-0.1, -0.05) is 18.2 Å². The van der Waals surface area contributed by atoms with Gasteiger partial charge in [0, 0.05) is 16.8 Å². The van der Waals surface area contributed by atoms with Gasteiger partial charge in [0.1, 0.15) is 0 Å². The van der Waals surface area contributed by atoms with Gasteiger partial charge in [-0.25, -0.2) is 0 Å². The predicted molar refractivity (Wildman–Crippen MR) is 73.3 cm³/mol. The maximum absolute atomic E-state index is 9.18. The molecule has 0 aliphatic heterocycles. The van der Waals surface area contributed by atoms with E-state index in [1.54, 1.807) is 30.3 Å². The molecule has 0 fully saturated rings. The summed E-state index contributed by atoms with van der Waals surface area (Å²) >= 11 is 0. The second kappa shape index (κ2) is 6.08. The maximum Gasteiger partial charge on any atom is 0.0912 e. The molecule has 0 radical (unpaired) electrons. The van der Waals surface area contributed by atoms with Crippen molar-refractivity contribution in [2.24, 2.45) is 10.2 Å². The molecule has 2 aromatic carbocycles. The summed E-state index contributed by atoms with van der Waals surface area (Å²) in [4.78, 5) is 0. The fraction of sp³-hybridized carbons (Fsp3) is 0.143. The summed E-state index contributed by atoms with van der Waals surface area (Å²) in [5.41, 5.74) is 8.76. The van der Waals surface area contributed by atoms with E-state index in [2.05, 4.69) is 10.2 Å². The molecule has 5 heteroatoms. The molecule has 0 saturated carbocycles. The number of benzene rings is 2. The van der Waals surface area contributed by atoms with Crippen molar-refractivity contribution in [2.45, 2.75) is 13.2 Å². The number of nitrogen functional groups attached to an aromatic ring is 1. The number of anilines is 1. The van der Waals surface area contributed by atoms with Crippen molar-refractivity contribution in [2.75, 3.05) is 5.73 Å². The lowest BCUT2D eigenvalue weighted by Gasteiger charge is -2.03. The second-order valence-corrected chi connectivity index (χ2v) is 4.03. The number of azo groups is 1. The van der Waals surface area contributed by atoms with Crippen molar-refractivity contribution in [3.63, 3.8) is 0 Å². The van der Waals surface area contributed by atoms with Gasteiger partial charge < -0.3 is 15.9 Å². The molecule has 2 rings (SSSR count). The predicted octanol–water partition coefficient (Wildman–Crippen LogP) is 2.67. The standard InChI is InChI=1S/C14H15N3O2/c15-13-6-5-12(7-11(13)9-19)16-17-14-4-2-1-3-10(14)8-18/h1-7,18-19H,8-9,15H2. The number of aliphatic hydroxyl groups excluding tert-OH is 2. The first kappa shape index (κ1) is 13.2. The van der Waals surface area contributed by atoms with Crippen LogP contribution in [0.3, 0.4) is 0 Å². The lowest BCUT2D eigenvalue weighted by molar-refractivity contribution is 0.282. The van der Waals surface area contributed by atoms with Crippen molar-refractivity contribution in [1.29, 1.82) is 0 Å². The first-order chi connectivity index (χ1) is 9.24. The summed E-state index contributed by atoms with van der Waals surface area (Å²) in [5, 5.41) is 26.5. The smallest absolute Gasteiger partial charge is 0.0912 e. The Morgan fingerprint density at radius 1 is 0.895 bits per heavy atom. The van der Waals surface area contributed by atoms with E-state index in [4.69, 9.17) is 10.8 Å². The molecule has 0 aliphatic rings. The van der Waals surface area contributed by atoms with Gasteiger partial charge in [0.15, 0.2) is 0 Å². The van der Waals surface area contributed by atoms with Gasteiger partial charge in [0.2, 0.25) is 0 Å². The Labute approximate surface area is 111 Å². The van der Waals surface area contributed by atoms with Gasteiger partial charge in [-0.15, -0.1) is 0 Å². The molecule has 0 aliphatic carbocycles. The minimum atomic E-state index is -0.136. The number of aliphatic hydroxyl groups is 2. The van der Waals surface area contributed by atoms with E-state index in [0.717, 1.165) is 0 Å². The number of nitrogens with zero attached hydrogens (tertiary/aromatic N) is 2. The molecule has 0 aromatic heterocycles.